The molecule has 0 spiro atoms. The van der Waals surface area contributed by atoms with E-state index in [1.165, 1.54) is 24.0 Å². The van der Waals surface area contributed by atoms with Gasteiger partial charge in [-0.25, -0.2) is 0 Å². The lowest BCUT2D eigenvalue weighted by Crippen LogP contribution is -2.20. The number of benzene rings is 1. The van der Waals surface area contributed by atoms with Gasteiger partial charge in [0.25, 0.3) is 0 Å². The maximum atomic E-state index is 4.58. The van der Waals surface area contributed by atoms with Crippen LogP contribution in [0.25, 0.3) is 0 Å². The number of aryl methyl sites for hydroxylation is 1. The van der Waals surface area contributed by atoms with Crippen LogP contribution >= 0.6 is 11.2 Å². The second kappa shape index (κ2) is 7.90. The van der Waals surface area contributed by atoms with E-state index >= 15 is 0 Å². The smallest absolute Gasteiger partial charge is 0.108 e. The topological polar surface area (TPSA) is 12.4 Å². The van der Waals surface area contributed by atoms with Crippen LogP contribution in [0.5, 0.6) is 0 Å². The highest BCUT2D eigenvalue weighted by Crippen LogP contribution is 2.28. The molecule has 3 heteroatoms. The van der Waals surface area contributed by atoms with Crippen LogP contribution in [0.4, 0.5) is 0 Å². The molecule has 0 amide bonds. The Kier molecular flexibility index (Phi) is 6.87. The van der Waals surface area contributed by atoms with Gasteiger partial charge in [-0.2, -0.15) is 11.2 Å². The molecule has 106 valence electrons. The van der Waals surface area contributed by atoms with Crippen molar-refractivity contribution in [2.75, 3.05) is 6.54 Å². The van der Waals surface area contributed by atoms with Gasteiger partial charge >= 0.3 is 0 Å². The van der Waals surface area contributed by atoms with Gasteiger partial charge in [-0.05, 0) is 25.3 Å². The third-order valence-corrected chi connectivity index (χ3v) is 7.57. The highest BCUT2D eigenvalue weighted by Gasteiger charge is 2.19. The Morgan fingerprint density at radius 1 is 1.32 bits per heavy atom. The first-order chi connectivity index (χ1) is 8.90. The monoisotopic (exact) mass is 293 g/mol. The summed E-state index contributed by atoms with van der Waals surface area (Å²) in [5.41, 5.74) is 2.51. The zero-order valence-corrected chi connectivity index (χ0v) is 14.8. The lowest BCUT2D eigenvalue weighted by molar-refractivity contribution is 0.750. The zero-order valence-electron chi connectivity index (χ0n) is 12.9. The van der Waals surface area contributed by atoms with Crippen LogP contribution in [0.1, 0.15) is 30.9 Å². The Morgan fingerprint density at radius 2 is 2.05 bits per heavy atom. The van der Waals surface area contributed by atoms with Crippen molar-refractivity contribution >= 4 is 24.6 Å². The Morgan fingerprint density at radius 3 is 2.63 bits per heavy atom. The largest absolute Gasteiger partial charge is 0.293 e. The molecule has 1 aromatic rings. The SMILES string of the molecule is CCC(CC/N=C/c1cccc(C)c1)S[Si](C)(C)C. The van der Waals surface area contributed by atoms with Crippen molar-refractivity contribution in [1.82, 2.24) is 0 Å². The van der Waals surface area contributed by atoms with Crippen LogP contribution in [-0.4, -0.2) is 25.2 Å². The summed E-state index contributed by atoms with van der Waals surface area (Å²) in [5, 5.41) is 0.779. The average Bonchev–Trinajstić information content (AvgIpc) is 2.31. The van der Waals surface area contributed by atoms with Crippen LogP contribution in [0.2, 0.25) is 19.6 Å². The van der Waals surface area contributed by atoms with Crippen molar-refractivity contribution in [3.8, 4) is 0 Å². The molecule has 0 aliphatic heterocycles. The molecule has 0 aromatic heterocycles. The molecule has 0 saturated heterocycles. The van der Waals surface area contributed by atoms with Crippen molar-refractivity contribution in [1.29, 1.82) is 0 Å². The molecule has 0 radical (unpaired) electrons. The Bertz CT molecular complexity index is 409. The van der Waals surface area contributed by atoms with E-state index in [0.717, 1.165) is 11.8 Å². The fraction of sp³-hybridized carbons (Fsp3) is 0.562. The quantitative estimate of drug-likeness (QED) is 0.500. The summed E-state index contributed by atoms with van der Waals surface area (Å²) in [6.45, 7) is 12.6. The zero-order chi connectivity index (χ0) is 14.3. The highest BCUT2D eigenvalue weighted by atomic mass is 32.4. The van der Waals surface area contributed by atoms with Crippen molar-refractivity contribution in [2.45, 2.75) is 51.6 Å². The molecule has 0 aliphatic rings. The Balaban J connectivity index is 2.40. The van der Waals surface area contributed by atoms with Crippen LogP contribution < -0.4 is 0 Å². The van der Waals surface area contributed by atoms with Gasteiger partial charge in [0.2, 0.25) is 0 Å². The molecule has 1 unspecified atom stereocenters. The molecule has 1 nitrogen and oxygen atoms in total. The predicted octanol–water partition coefficient (Wildman–Crippen LogP) is 5.15. The van der Waals surface area contributed by atoms with Crippen LogP contribution in [-0.2, 0) is 0 Å². The summed E-state index contributed by atoms with van der Waals surface area (Å²) < 4.78 is 0. The molecule has 0 saturated carbocycles. The first kappa shape index (κ1) is 16.5. The summed E-state index contributed by atoms with van der Waals surface area (Å²) in [6, 6.07) is 8.50. The summed E-state index contributed by atoms with van der Waals surface area (Å²) in [6.07, 6.45) is 4.47. The summed E-state index contributed by atoms with van der Waals surface area (Å²) >= 11 is 2.22. The molecular formula is C16H27NSSi. The van der Waals surface area contributed by atoms with Gasteiger partial charge in [0.1, 0.15) is 7.22 Å². The lowest BCUT2D eigenvalue weighted by atomic mass is 10.1. The van der Waals surface area contributed by atoms with E-state index < -0.39 is 7.22 Å². The Labute approximate surface area is 123 Å². The molecule has 0 heterocycles. The second-order valence-electron chi connectivity index (χ2n) is 6.00. The fourth-order valence-electron chi connectivity index (χ4n) is 1.99. The molecule has 1 rings (SSSR count). The van der Waals surface area contributed by atoms with E-state index in [1.807, 2.05) is 6.21 Å². The minimum atomic E-state index is -1.01. The van der Waals surface area contributed by atoms with E-state index in [1.54, 1.807) is 0 Å². The summed E-state index contributed by atoms with van der Waals surface area (Å²) in [5.74, 6) is 0. The van der Waals surface area contributed by atoms with Crippen LogP contribution in [0.3, 0.4) is 0 Å². The first-order valence-corrected chi connectivity index (χ1v) is 12.3. The molecule has 0 bridgehead atoms. The summed E-state index contributed by atoms with van der Waals surface area (Å²) in [4.78, 5) is 4.58. The molecule has 1 aromatic carbocycles. The third kappa shape index (κ3) is 7.58. The fourth-order valence-corrected chi connectivity index (χ4v) is 7.23. The Hall–Kier alpha value is -0.543. The maximum absolute atomic E-state index is 4.58. The standard InChI is InChI=1S/C16H27NSSi/c1-6-16(18-19(3,4)5)10-11-17-13-15-9-7-8-14(2)12-15/h7-9,12-13,16H,6,10-11H2,1-5H3/b17-13+. The molecule has 0 aliphatic carbocycles. The molecular weight excluding hydrogens is 266 g/mol. The van der Waals surface area contributed by atoms with Gasteiger partial charge < -0.3 is 0 Å². The number of rotatable bonds is 7. The molecule has 0 fully saturated rings. The lowest BCUT2D eigenvalue weighted by Gasteiger charge is -2.22. The van der Waals surface area contributed by atoms with E-state index in [-0.39, 0.29) is 0 Å². The van der Waals surface area contributed by atoms with Crippen molar-refractivity contribution in [3.63, 3.8) is 0 Å². The van der Waals surface area contributed by atoms with Crippen molar-refractivity contribution in [3.05, 3.63) is 35.4 Å². The molecule has 1 atom stereocenters. The average molecular weight is 294 g/mol. The molecule has 19 heavy (non-hydrogen) atoms. The van der Waals surface area contributed by atoms with E-state index in [2.05, 4.69) is 74.0 Å². The molecule has 0 N–H and O–H groups in total. The van der Waals surface area contributed by atoms with Crippen LogP contribution in [0.15, 0.2) is 29.3 Å². The number of aliphatic imine (C=N–C) groups is 1. The van der Waals surface area contributed by atoms with Gasteiger partial charge in [0, 0.05) is 18.0 Å². The van der Waals surface area contributed by atoms with Gasteiger partial charge in [-0.1, -0.05) is 56.4 Å². The number of hydrogen-bond donors (Lipinski definition) is 0. The van der Waals surface area contributed by atoms with Crippen LogP contribution in [0, 0.1) is 6.92 Å². The highest BCUT2D eigenvalue weighted by molar-refractivity contribution is 8.29. The van der Waals surface area contributed by atoms with Gasteiger partial charge in [-0.15, -0.1) is 0 Å². The minimum absolute atomic E-state index is 0.779. The first-order valence-electron chi connectivity index (χ1n) is 7.15. The van der Waals surface area contributed by atoms with Crippen molar-refractivity contribution in [2.24, 2.45) is 4.99 Å². The minimum Gasteiger partial charge on any atom is -0.293 e. The number of hydrogen-bond acceptors (Lipinski definition) is 2. The second-order valence-corrected chi connectivity index (χ2v) is 15.5. The number of nitrogens with zero attached hydrogens (tertiary/aromatic N) is 1. The van der Waals surface area contributed by atoms with E-state index in [0.29, 0.717) is 0 Å². The van der Waals surface area contributed by atoms with Crippen molar-refractivity contribution < 1.29 is 0 Å². The van der Waals surface area contributed by atoms with E-state index in [9.17, 15) is 0 Å². The van der Waals surface area contributed by atoms with Gasteiger partial charge in [0.05, 0.1) is 0 Å². The summed E-state index contributed by atoms with van der Waals surface area (Å²) in [7, 11) is -1.01. The normalized spacial score (nSPS) is 13.9. The van der Waals surface area contributed by atoms with Gasteiger partial charge in [0.15, 0.2) is 0 Å². The van der Waals surface area contributed by atoms with E-state index in [4.69, 9.17) is 0 Å². The predicted molar refractivity (Wildman–Crippen MR) is 93.3 cm³/mol. The van der Waals surface area contributed by atoms with Gasteiger partial charge in [-0.3, -0.25) is 4.99 Å². The maximum Gasteiger partial charge on any atom is 0.108 e. The third-order valence-electron chi connectivity index (χ3n) is 2.84.